The summed E-state index contributed by atoms with van der Waals surface area (Å²) in [7, 11) is 0. The Morgan fingerprint density at radius 3 is 2.82 bits per heavy atom. The first-order chi connectivity index (χ1) is 8.15. The molecule has 2 rings (SSSR count). The maximum Gasteiger partial charge on any atom is 0.305 e. The molecule has 0 aliphatic carbocycles. The largest absolute Gasteiger partial charge is 0.347 e. The van der Waals surface area contributed by atoms with Crippen LogP contribution in [0.25, 0.3) is 10.9 Å². The molecule has 0 saturated heterocycles. The Balaban J connectivity index is 2.50. The molecule has 1 aromatic heterocycles. The second-order valence-electron chi connectivity index (χ2n) is 3.95. The van der Waals surface area contributed by atoms with Crippen molar-refractivity contribution in [1.29, 1.82) is 0 Å². The van der Waals surface area contributed by atoms with Gasteiger partial charge in [0, 0.05) is 24.2 Å². The van der Waals surface area contributed by atoms with Gasteiger partial charge in [0.2, 0.25) is 5.82 Å². The fourth-order valence-electron chi connectivity index (χ4n) is 1.89. The average molecular weight is 236 g/mol. The van der Waals surface area contributed by atoms with Crippen molar-refractivity contribution in [2.75, 3.05) is 0 Å². The molecule has 0 bridgehead atoms. The van der Waals surface area contributed by atoms with Crippen LogP contribution in [0.2, 0.25) is 0 Å². The predicted molar refractivity (Wildman–Crippen MR) is 63.5 cm³/mol. The number of aromatic nitrogens is 1. The van der Waals surface area contributed by atoms with Gasteiger partial charge in [-0.1, -0.05) is 13.3 Å². The average Bonchev–Trinajstić information content (AvgIpc) is 2.70. The van der Waals surface area contributed by atoms with Crippen molar-refractivity contribution in [3.8, 4) is 0 Å². The van der Waals surface area contributed by atoms with Gasteiger partial charge in [0.1, 0.15) is 0 Å². The van der Waals surface area contributed by atoms with Gasteiger partial charge in [0.25, 0.3) is 0 Å². The van der Waals surface area contributed by atoms with Crippen molar-refractivity contribution in [2.45, 2.75) is 26.3 Å². The highest BCUT2D eigenvalue weighted by molar-refractivity contribution is 5.83. The summed E-state index contributed by atoms with van der Waals surface area (Å²) in [5.41, 5.74) is 0.243. The smallest absolute Gasteiger partial charge is 0.305 e. The SMILES string of the molecule is CCCCn1ccc2c(F)c([N+](=O)[O-])ccc21. The standard InChI is InChI=1S/C12H13FN2O2/c1-2-3-7-14-8-6-9-10(14)4-5-11(12(9)13)15(16)17/h4-6,8H,2-3,7H2,1H3. The van der Waals surface area contributed by atoms with E-state index >= 15 is 0 Å². The van der Waals surface area contributed by atoms with E-state index in [1.807, 2.05) is 4.57 Å². The van der Waals surface area contributed by atoms with Gasteiger partial charge in [0.05, 0.1) is 10.4 Å². The summed E-state index contributed by atoms with van der Waals surface area (Å²) in [6.07, 6.45) is 3.82. The summed E-state index contributed by atoms with van der Waals surface area (Å²) in [5, 5.41) is 10.9. The van der Waals surface area contributed by atoms with Crippen molar-refractivity contribution in [1.82, 2.24) is 4.57 Å². The van der Waals surface area contributed by atoms with Crippen LogP contribution in [0.4, 0.5) is 10.1 Å². The minimum atomic E-state index is -0.747. The molecule has 1 aromatic carbocycles. The van der Waals surface area contributed by atoms with E-state index in [2.05, 4.69) is 6.92 Å². The van der Waals surface area contributed by atoms with Gasteiger partial charge in [-0.2, -0.15) is 4.39 Å². The van der Waals surface area contributed by atoms with E-state index in [4.69, 9.17) is 0 Å². The first kappa shape index (κ1) is 11.6. The number of fused-ring (bicyclic) bond motifs is 1. The molecule has 0 amide bonds. The third-order valence-corrected chi connectivity index (χ3v) is 2.82. The van der Waals surface area contributed by atoms with Crippen LogP contribution in [0.3, 0.4) is 0 Å². The van der Waals surface area contributed by atoms with Gasteiger partial charge in [-0.25, -0.2) is 0 Å². The molecule has 0 aliphatic heterocycles. The molecule has 0 unspecified atom stereocenters. The molecule has 0 radical (unpaired) electrons. The van der Waals surface area contributed by atoms with Crippen molar-refractivity contribution in [2.24, 2.45) is 0 Å². The van der Waals surface area contributed by atoms with Gasteiger partial charge >= 0.3 is 5.69 Å². The van der Waals surface area contributed by atoms with Crippen molar-refractivity contribution >= 4 is 16.6 Å². The van der Waals surface area contributed by atoms with Crippen LogP contribution in [0.1, 0.15) is 19.8 Å². The zero-order valence-corrected chi connectivity index (χ0v) is 9.52. The molecule has 5 heteroatoms. The molecule has 1 heterocycles. The zero-order chi connectivity index (χ0) is 12.4. The van der Waals surface area contributed by atoms with Crippen molar-refractivity contribution in [3.63, 3.8) is 0 Å². The third-order valence-electron chi connectivity index (χ3n) is 2.82. The maximum atomic E-state index is 13.8. The maximum absolute atomic E-state index is 13.8. The molecular formula is C12H13FN2O2. The fourth-order valence-corrected chi connectivity index (χ4v) is 1.89. The summed E-state index contributed by atoms with van der Waals surface area (Å²) in [6.45, 7) is 2.88. The Bertz CT molecular complexity index is 563. The first-order valence-corrected chi connectivity index (χ1v) is 5.57. The lowest BCUT2D eigenvalue weighted by molar-refractivity contribution is -0.387. The van der Waals surface area contributed by atoms with E-state index in [0.29, 0.717) is 10.9 Å². The van der Waals surface area contributed by atoms with Crippen LogP contribution in [-0.4, -0.2) is 9.49 Å². The first-order valence-electron chi connectivity index (χ1n) is 5.57. The highest BCUT2D eigenvalue weighted by atomic mass is 19.1. The molecule has 0 fully saturated rings. The number of hydrogen-bond acceptors (Lipinski definition) is 2. The van der Waals surface area contributed by atoms with Crippen LogP contribution in [0.15, 0.2) is 24.4 Å². The summed E-state index contributed by atoms with van der Waals surface area (Å²) < 4.78 is 15.7. The molecule has 0 aliphatic rings. The Morgan fingerprint density at radius 2 is 2.18 bits per heavy atom. The van der Waals surface area contributed by atoms with Crippen LogP contribution < -0.4 is 0 Å². The van der Waals surface area contributed by atoms with Gasteiger partial charge < -0.3 is 4.57 Å². The van der Waals surface area contributed by atoms with E-state index in [9.17, 15) is 14.5 Å². The predicted octanol–water partition coefficient (Wildman–Crippen LogP) is 3.49. The number of halogens is 1. The lowest BCUT2D eigenvalue weighted by atomic mass is 10.2. The molecule has 90 valence electrons. The van der Waals surface area contributed by atoms with Gasteiger partial charge in [-0.05, 0) is 18.6 Å². The Kier molecular flexibility index (Phi) is 3.08. The van der Waals surface area contributed by atoms with Crippen LogP contribution in [0, 0.1) is 15.9 Å². The van der Waals surface area contributed by atoms with E-state index < -0.39 is 16.4 Å². The highest BCUT2D eigenvalue weighted by Crippen LogP contribution is 2.27. The van der Waals surface area contributed by atoms with Crippen molar-refractivity contribution in [3.05, 3.63) is 40.3 Å². The number of nitro benzene ring substituents is 1. The Labute approximate surface area is 97.8 Å². The third kappa shape index (κ3) is 2.00. The van der Waals surface area contributed by atoms with Crippen LogP contribution in [-0.2, 0) is 6.54 Å². The number of aryl methyl sites for hydroxylation is 1. The summed E-state index contributed by atoms with van der Waals surface area (Å²) in [6, 6.07) is 4.42. The molecule has 4 nitrogen and oxygen atoms in total. The number of nitrogens with zero attached hydrogens (tertiary/aromatic N) is 2. The molecule has 0 saturated carbocycles. The summed E-state index contributed by atoms with van der Waals surface area (Å²) in [4.78, 5) is 9.91. The minimum Gasteiger partial charge on any atom is -0.347 e. The van der Waals surface area contributed by atoms with E-state index in [1.54, 1.807) is 18.3 Å². The van der Waals surface area contributed by atoms with Crippen LogP contribution >= 0.6 is 0 Å². The number of benzene rings is 1. The molecule has 17 heavy (non-hydrogen) atoms. The Morgan fingerprint density at radius 1 is 1.41 bits per heavy atom. The number of hydrogen-bond donors (Lipinski definition) is 0. The zero-order valence-electron chi connectivity index (χ0n) is 9.52. The van der Waals surface area contributed by atoms with Crippen molar-refractivity contribution < 1.29 is 9.31 Å². The monoisotopic (exact) mass is 236 g/mol. The lowest BCUT2D eigenvalue weighted by Gasteiger charge is -2.04. The van der Waals surface area contributed by atoms with Gasteiger partial charge in [-0.15, -0.1) is 0 Å². The number of nitro groups is 1. The Hall–Kier alpha value is -1.91. The summed E-state index contributed by atoms with van der Waals surface area (Å²) in [5.74, 6) is -0.747. The molecule has 2 aromatic rings. The highest BCUT2D eigenvalue weighted by Gasteiger charge is 2.18. The van der Waals surface area contributed by atoms with E-state index in [-0.39, 0.29) is 0 Å². The molecule has 0 N–H and O–H groups in total. The minimum absolute atomic E-state index is 0.315. The fraction of sp³-hybridized carbons (Fsp3) is 0.333. The summed E-state index contributed by atoms with van der Waals surface area (Å²) >= 11 is 0. The van der Waals surface area contributed by atoms with Gasteiger partial charge in [0.15, 0.2) is 0 Å². The van der Waals surface area contributed by atoms with E-state index in [0.717, 1.165) is 19.4 Å². The number of rotatable bonds is 4. The lowest BCUT2D eigenvalue weighted by Crippen LogP contribution is -1.97. The van der Waals surface area contributed by atoms with Crippen LogP contribution in [0.5, 0.6) is 0 Å². The normalized spacial score (nSPS) is 10.9. The molecular weight excluding hydrogens is 223 g/mol. The topological polar surface area (TPSA) is 48.1 Å². The second kappa shape index (κ2) is 4.53. The van der Waals surface area contributed by atoms with Gasteiger partial charge in [-0.3, -0.25) is 10.1 Å². The second-order valence-corrected chi connectivity index (χ2v) is 3.95. The number of unbranched alkanes of at least 4 members (excludes halogenated alkanes) is 1. The van der Waals surface area contributed by atoms with E-state index in [1.165, 1.54) is 6.07 Å². The molecule has 0 atom stereocenters. The molecule has 0 spiro atoms. The quantitative estimate of drug-likeness (QED) is 0.602.